The summed E-state index contributed by atoms with van der Waals surface area (Å²) in [4.78, 5) is 0. The standard InChI is InChI=1S/C18H27N3/c1-14(2)21-12-11-18(20-21)13-17(19-4)10-9-16-8-6-5-7-15(16)3/h5-8,11-12,14,17,19H,9-10,13H2,1-4H3. The predicted octanol–water partition coefficient (Wildman–Crippen LogP) is 3.54. The molecule has 1 heterocycles. The van der Waals surface area contributed by atoms with E-state index in [1.165, 1.54) is 16.8 Å². The van der Waals surface area contributed by atoms with E-state index < -0.39 is 0 Å². The van der Waals surface area contributed by atoms with Crippen LogP contribution in [0.25, 0.3) is 0 Å². The van der Waals surface area contributed by atoms with Crippen molar-refractivity contribution >= 4 is 0 Å². The number of likely N-dealkylation sites (N-methyl/N-ethyl adjacent to an activating group) is 1. The average molecular weight is 285 g/mol. The fourth-order valence-electron chi connectivity index (χ4n) is 2.60. The van der Waals surface area contributed by atoms with Crippen molar-refractivity contribution in [3.63, 3.8) is 0 Å². The van der Waals surface area contributed by atoms with E-state index in [0.717, 1.165) is 19.3 Å². The summed E-state index contributed by atoms with van der Waals surface area (Å²) < 4.78 is 2.03. The van der Waals surface area contributed by atoms with Crippen LogP contribution in [0.2, 0.25) is 0 Å². The number of benzene rings is 1. The highest BCUT2D eigenvalue weighted by molar-refractivity contribution is 5.25. The zero-order valence-corrected chi connectivity index (χ0v) is 13.6. The molecule has 3 nitrogen and oxygen atoms in total. The minimum Gasteiger partial charge on any atom is -0.317 e. The number of rotatable bonds is 7. The summed E-state index contributed by atoms with van der Waals surface area (Å²) in [5, 5.41) is 8.08. The molecule has 0 amide bonds. The lowest BCUT2D eigenvalue weighted by Crippen LogP contribution is -2.28. The Morgan fingerprint density at radius 2 is 1.95 bits per heavy atom. The fraction of sp³-hybridized carbons (Fsp3) is 0.500. The first-order valence-corrected chi connectivity index (χ1v) is 7.86. The number of aryl methyl sites for hydroxylation is 2. The van der Waals surface area contributed by atoms with Gasteiger partial charge in [-0.25, -0.2) is 0 Å². The van der Waals surface area contributed by atoms with Gasteiger partial charge in [0.05, 0.1) is 5.69 Å². The molecule has 0 aliphatic carbocycles. The largest absolute Gasteiger partial charge is 0.317 e. The monoisotopic (exact) mass is 285 g/mol. The zero-order valence-electron chi connectivity index (χ0n) is 13.6. The van der Waals surface area contributed by atoms with Crippen LogP contribution in [-0.2, 0) is 12.8 Å². The molecule has 21 heavy (non-hydrogen) atoms. The van der Waals surface area contributed by atoms with E-state index in [0.29, 0.717) is 12.1 Å². The van der Waals surface area contributed by atoms with E-state index in [2.05, 4.69) is 67.7 Å². The lowest BCUT2D eigenvalue weighted by molar-refractivity contribution is 0.493. The number of hydrogen-bond acceptors (Lipinski definition) is 2. The molecule has 0 fully saturated rings. The first-order valence-electron chi connectivity index (χ1n) is 7.86. The molecule has 1 aromatic carbocycles. The Balaban J connectivity index is 1.92. The second-order valence-corrected chi connectivity index (χ2v) is 6.04. The van der Waals surface area contributed by atoms with E-state index in [1.54, 1.807) is 0 Å². The lowest BCUT2D eigenvalue weighted by Gasteiger charge is -2.16. The van der Waals surface area contributed by atoms with E-state index in [-0.39, 0.29) is 0 Å². The molecule has 1 unspecified atom stereocenters. The summed E-state index contributed by atoms with van der Waals surface area (Å²) in [6.07, 6.45) is 5.31. The number of hydrogen-bond donors (Lipinski definition) is 1. The maximum atomic E-state index is 4.65. The molecular weight excluding hydrogens is 258 g/mol. The summed E-state index contributed by atoms with van der Waals surface area (Å²) in [5.41, 5.74) is 4.01. The van der Waals surface area contributed by atoms with E-state index in [9.17, 15) is 0 Å². The van der Waals surface area contributed by atoms with Crippen molar-refractivity contribution < 1.29 is 0 Å². The van der Waals surface area contributed by atoms with Crippen LogP contribution in [0, 0.1) is 6.92 Å². The molecule has 1 atom stereocenters. The van der Waals surface area contributed by atoms with Crippen LogP contribution in [-0.4, -0.2) is 22.9 Å². The Morgan fingerprint density at radius 1 is 1.19 bits per heavy atom. The number of nitrogens with zero attached hydrogens (tertiary/aromatic N) is 2. The third-order valence-electron chi connectivity index (χ3n) is 4.08. The zero-order chi connectivity index (χ0) is 15.2. The maximum Gasteiger partial charge on any atom is 0.0640 e. The van der Waals surface area contributed by atoms with Crippen LogP contribution in [0.3, 0.4) is 0 Å². The summed E-state index contributed by atoms with van der Waals surface area (Å²) in [6.45, 7) is 6.50. The van der Waals surface area contributed by atoms with Crippen molar-refractivity contribution in [2.45, 2.75) is 52.1 Å². The fourth-order valence-corrected chi connectivity index (χ4v) is 2.60. The van der Waals surface area contributed by atoms with Crippen LogP contribution in [0.5, 0.6) is 0 Å². The van der Waals surface area contributed by atoms with Crippen LogP contribution in [0.4, 0.5) is 0 Å². The molecule has 3 heteroatoms. The second kappa shape index (κ2) is 7.41. The molecule has 2 aromatic rings. The molecule has 0 saturated heterocycles. The summed E-state index contributed by atoms with van der Waals surface area (Å²) in [5.74, 6) is 0. The quantitative estimate of drug-likeness (QED) is 0.843. The maximum absolute atomic E-state index is 4.65. The van der Waals surface area contributed by atoms with Crippen molar-refractivity contribution in [1.82, 2.24) is 15.1 Å². The molecule has 1 aromatic heterocycles. The van der Waals surface area contributed by atoms with Gasteiger partial charge in [0.1, 0.15) is 0 Å². The Hall–Kier alpha value is -1.61. The van der Waals surface area contributed by atoms with E-state index in [4.69, 9.17) is 0 Å². The van der Waals surface area contributed by atoms with Gasteiger partial charge >= 0.3 is 0 Å². The predicted molar refractivity (Wildman–Crippen MR) is 88.7 cm³/mol. The van der Waals surface area contributed by atoms with E-state index >= 15 is 0 Å². The average Bonchev–Trinajstić information content (AvgIpc) is 2.93. The molecule has 0 spiro atoms. The summed E-state index contributed by atoms with van der Waals surface area (Å²) >= 11 is 0. The SMILES string of the molecule is CNC(CCc1ccccc1C)Cc1ccn(C(C)C)n1. The Kier molecular flexibility index (Phi) is 5.57. The smallest absolute Gasteiger partial charge is 0.0640 e. The van der Waals surface area contributed by atoms with Gasteiger partial charge in [-0.15, -0.1) is 0 Å². The van der Waals surface area contributed by atoms with Crippen molar-refractivity contribution in [3.8, 4) is 0 Å². The van der Waals surface area contributed by atoms with Gasteiger partial charge in [0.15, 0.2) is 0 Å². The molecule has 1 N–H and O–H groups in total. The van der Waals surface area contributed by atoms with E-state index in [1.807, 2.05) is 11.7 Å². The van der Waals surface area contributed by atoms with Crippen molar-refractivity contribution in [3.05, 3.63) is 53.3 Å². The minimum absolute atomic E-state index is 0.429. The molecule has 0 bridgehead atoms. The highest BCUT2D eigenvalue weighted by Gasteiger charge is 2.11. The van der Waals surface area contributed by atoms with Gasteiger partial charge in [-0.2, -0.15) is 5.10 Å². The summed E-state index contributed by atoms with van der Waals surface area (Å²) in [7, 11) is 2.04. The second-order valence-electron chi connectivity index (χ2n) is 6.04. The van der Waals surface area contributed by atoms with Gasteiger partial charge in [0.2, 0.25) is 0 Å². The van der Waals surface area contributed by atoms with Crippen molar-refractivity contribution in [2.24, 2.45) is 0 Å². The third-order valence-corrected chi connectivity index (χ3v) is 4.08. The van der Waals surface area contributed by atoms with Gasteiger partial charge in [-0.1, -0.05) is 24.3 Å². The van der Waals surface area contributed by atoms with Crippen LogP contribution < -0.4 is 5.32 Å². The lowest BCUT2D eigenvalue weighted by atomic mass is 9.99. The highest BCUT2D eigenvalue weighted by atomic mass is 15.3. The van der Waals surface area contributed by atoms with Gasteiger partial charge in [0, 0.05) is 24.7 Å². The van der Waals surface area contributed by atoms with Gasteiger partial charge < -0.3 is 5.32 Å². The summed E-state index contributed by atoms with van der Waals surface area (Å²) in [6, 6.07) is 11.7. The Bertz CT molecular complexity index is 557. The Morgan fingerprint density at radius 3 is 2.57 bits per heavy atom. The minimum atomic E-state index is 0.429. The molecule has 114 valence electrons. The molecule has 0 radical (unpaired) electrons. The molecule has 2 rings (SSSR count). The van der Waals surface area contributed by atoms with Crippen LogP contribution in [0.15, 0.2) is 36.5 Å². The van der Waals surface area contributed by atoms with Crippen molar-refractivity contribution in [1.29, 1.82) is 0 Å². The van der Waals surface area contributed by atoms with Crippen molar-refractivity contribution in [2.75, 3.05) is 7.05 Å². The first kappa shape index (κ1) is 15.8. The first-order chi connectivity index (χ1) is 10.1. The topological polar surface area (TPSA) is 29.9 Å². The van der Waals surface area contributed by atoms with Crippen LogP contribution in [0.1, 0.15) is 43.1 Å². The van der Waals surface area contributed by atoms with Gasteiger partial charge in [0.25, 0.3) is 0 Å². The highest BCUT2D eigenvalue weighted by Crippen LogP contribution is 2.13. The molecular formula is C18H27N3. The van der Waals surface area contributed by atoms with Gasteiger partial charge in [-0.05, 0) is 57.9 Å². The van der Waals surface area contributed by atoms with Gasteiger partial charge in [-0.3, -0.25) is 4.68 Å². The van der Waals surface area contributed by atoms with Crippen LogP contribution >= 0.6 is 0 Å². The molecule has 0 aliphatic rings. The number of aromatic nitrogens is 2. The molecule has 0 saturated carbocycles. The third kappa shape index (κ3) is 4.43. The number of nitrogens with one attached hydrogen (secondary N) is 1. The normalized spacial score (nSPS) is 12.8. The Labute approximate surface area is 128 Å². The molecule has 0 aliphatic heterocycles.